The Kier molecular flexibility index (Phi) is 9.06. The SMILES string of the molecule is CCC(NC1CCCCC1)C(CNc1nc2cc(C)c(C)cc2cc1C(=O)NC(C)N)OC. The fourth-order valence-corrected chi connectivity index (χ4v) is 4.68. The van der Waals surface area contributed by atoms with E-state index < -0.39 is 6.17 Å². The predicted molar refractivity (Wildman–Crippen MR) is 136 cm³/mol. The van der Waals surface area contributed by atoms with Crippen LogP contribution in [0.2, 0.25) is 0 Å². The van der Waals surface area contributed by atoms with Gasteiger partial charge in [-0.2, -0.15) is 0 Å². The van der Waals surface area contributed by atoms with Gasteiger partial charge in [0.1, 0.15) is 5.82 Å². The maximum absolute atomic E-state index is 12.9. The lowest BCUT2D eigenvalue weighted by atomic mass is 9.94. The molecule has 1 aromatic heterocycles. The van der Waals surface area contributed by atoms with Crippen LogP contribution in [-0.4, -0.2) is 48.9 Å². The Hall–Kier alpha value is -2.22. The van der Waals surface area contributed by atoms with E-state index in [-0.39, 0.29) is 18.1 Å². The van der Waals surface area contributed by atoms with Gasteiger partial charge in [0.15, 0.2) is 0 Å². The maximum atomic E-state index is 12.9. The highest BCUT2D eigenvalue weighted by Crippen LogP contribution is 2.24. The van der Waals surface area contributed by atoms with Crippen LogP contribution in [0.15, 0.2) is 18.2 Å². The van der Waals surface area contributed by atoms with Crippen LogP contribution >= 0.6 is 0 Å². The number of pyridine rings is 1. The Labute approximate surface area is 198 Å². The molecule has 1 fully saturated rings. The van der Waals surface area contributed by atoms with Gasteiger partial charge in [0.05, 0.1) is 23.3 Å². The first-order valence-electron chi connectivity index (χ1n) is 12.3. The van der Waals surface area contributed by atoms with Crippen molar-refractivity contribution in [2.45, 2.75) is 90.6 Å². The maximum Gasteiger partial charge on any atom is 0.256 e. The number of ether oxygens (including phenoxy) is 1. The zero-order valence-electron chi connectivity index (χ0n) is 20.8. The number of hydrogen-bond acceptors (Lipinski definition) is 6. The molecule has 0 saturated heterocycles. The summed E-state index contributed by atoms with van der Waals surface area (Å²) < 4.78 is 5.88. The Bertz CT molecular complexity index is 940. The molecule has 7 nitrogen and oxygen atoms in total. The topological polar surface area (TPSA) is 101 Å². The lowest BCUT2D eigenvalue weighted by Gasteiger charge is -2.32. The molecule has 1 aromatic carbocycles. The minimum Gasteiger partial charge on any atom is -0.378 e. The van der Waals surface area contributed by atoms with Crippen LogP contribution in [0.1, 0.15) is 73.9 Å². The van der Waals surface area contributed by atoms with Crippen molar-refractivity contribution in [2.24, 2.45) is 5.73 Å². The molecule has 7 heteroatoms. The molecule has 33 heavy (non-hydrogen) atoms. The summed E-state index contributed by atoms with van der Waals surface area (Å²) in [4.78, 5) is 17.7. The lowest BCUT2D eigenvalue weighted by Crippen LogP contribution is -2.49. The minimum atomic E-state index is -0.448. The molecule has 3 unspecified atom stereocenters. The Morgan fingerprint density at radius 2 is 1.88 bits per heavy atom. The highest BCUT2D eigenvalue weighted by atomic mass is 16.5. The van der Waals surface area contributed by atoms with Crippen LogP contribution in [0, 0.1) is 13.8 Å². The summed E-state index contributed by atoms with van der Waals surface area (Å²) in [6.45, 7) is 8.63. The van der Waals surface area contributed by atoms with Crippen LogP contribution in [0.3, 0.4) is 0 Å². The summed E-state index contributed by atoms with van der Waals surface area (Å²) in [7, 11) is 1.75. The van der Waals surface area contributed by atoms with E-state index in [0.29, 0.717) is 24.0 Å². The number of carbonyl (C=O) groups excluding carboxylic acids is 1. The van der Waals surface area contributed by atoms with Crippen LogP contribution in [-0.2, 0) is 4.74 Å². The number of anilines is 1. The fourth-order valence-electron chi connectivity index (χ4n) is 4.68. The van der Waals surface area contributed by atoms with Crippen molar-refractivity contribution in [1.29, 1.82) is 0 Å². The first-order valence-corrected chi connectivity index (χ1v) is 12.3. The van der Waals surface area contributed by atoms with Crippen molar-refractivity contribution in [2.75, 3.05) is 19.0 Å². The zero-order chi connectivity index (χ0) is 24.0. The van der Waals surface area contributed by atoms with E-state index in [1.165, 1.54) is 43.2 Å². The van der Waals surface area contributed by atoms with Gasteiger partial charge >= 0.3 is 0 Å². The van der Waals surface area contributed by atoms with E-state index in [4.69, 9.17) is 15.5 Å². The Morgan fingerprint density at radius 3 is 2.52 bits per heavy atom. The summed E-state index contributed by atoms with van der Waals surface area (Å²) in [5.74, 6) is 0.319. The Balaban J connectivity index is 1.83. The first-order chi connectivity index (χ1) is 15.8. The molecule has 1 heterocycles. The highest BCUT2D eigenvalue weighted by molar-refractivity contribution is 6.02. The molecule has 1 aliphatic rings. The molecule has 0 spiro atoms. The molecule has 3 rings (SSSR count). The van der Waals surface area contributed by atoms with E-state index >= 15 is 0 Å². The highest BCUT2D eigenvalue weighted by Gasteiger charge is 2.25. The number of aryl methyl sites for hydroxylation is 2. The second-order valence-corrected chi connectivity index (χ2v) is 9.45. The quantitative estimate of drug-likeness (QED) is 0.404. The monoisotopic (exact) mass is 455 g/mol. The van der Waals surface area contributed by atoms with Gasteiger partial charge in [0, 0.05) is 31.1 Å². The third kappa shape index (κ3) is 6.65. The lowest BCUT2D eigenvalue weighted by molar-refractivity contribution is 0.0698. The third-order valence-corrected chi connectivity index (χ3v) is 6.75. The number of fused-ring (bicyclic) bond motifs is 1. The Morgan fingerprint density at radius 1 is 1.18 bits per heavy atom. The van der Waals surface area contributed by atoms with Gasteiger partial charge in [-0.15, -0.1) is 0 Å². The smallest absolute Gasteiger partial charge is 0.256 e. The third-order valence-electron chi connectivity index (χ3n) is 6.75. The number of carbonyl (C=O) groups is 1. The van der Waals surface area contributed by atoms with Crippen molar-refractivity contribution >= 4 is 22.6 Å². The van der Waals surface area contributed by atoms with Gasteiger partial charge in [0.2, 0.25) is 0 Å². The largest absolute Gasteiger partial charge is 0.378 e. The van der Waals surface area contributed by atoms with E-state index in [0.717, 1.165) is 17.3 Å². The standard InChI is InChI=1S/C26H41N5O2/c1-6-22(30-20-10-8-7-9-11-20)24(33-5)15-28-25-21(26(32)29-18(4)27)14-19-12-16(2)17(3)13-23(19)31-25/h12-14,18,20,22,24,30H,6-11,15,27H2,1-5H3,(H,28,31)(H,29,32). The van der Waals surface area contributed by atoms with Gasteiger partial charge in [-0.1, -0.05) is 26.2 Å². The van der Waals surface area contributed by atoms with Crippen LogP contribution < -0.4 is 21.7 Å². The number of nitrogens with zero attached hydrogens (tertiary/aromatic N) is 1. The number of nitrogens with two attached hydrogens (primary N) is 1. The summed E-state index contributed by atoms with van der Waals surface area (Å²) in [6, 6.07) is 6.82. The van der Waals surface area contributed by atoms with Crippen LogP contribution in [0.25, 0.3) is 10.9 Å². The van der Waals surface area contributed by atoms with Crippen molar-refractivity contribution < 1.29 is 9.53 Å². The van der Waals surface area contributed by atoms with Gasteiger partial charge in [0.25, 0.3) is 5.91 Å². The van der Waals surface area contributed by atoms with E-state index in [1.807, 2.05) is 6.07 Å². The summed E-state index contributed by atoms with van der Waals surface area (Å²) in [6.07, 6.45) is 6.86. The van der Waals surface area contributed by atoms with E-state index in [1.54, 1.807) is 14.0 Å². The number of methoxy groups -OCH3 is 1. The fraction of sp³-hybridized carbons (Fsp3) is 0.615. The number of benzene rings is 1. The number of hydrogen-bond donors (Lipinski definition) is 4. The average molecular weight is 456 g/mol. The summed E-state index contributed by atoms with van der Waals surface area (Å²) >= 11 is 0. The number of nitrogens with one attached hydrogen (secondary N) is 3. The van der Waals surface area contributed by atoms with E-state index in [2.05, 4.69) is 48.9 Å². The minimum absolute atomic E-state index is 0.0430. The van der Waals surface area contributed by atoms with Gasteiger partial charge in [-0.25, -0.2) is 4.98 Å². The van der Waals surface area contributed by atoms with Gasteiger partial charge in [-0.05, 0) is 69.4 Å². The molecule has 5 N–H and O–H groups in total. The normalized spacial score (nSPS) is 17.5. The van der Waals surface area contributed by atoms with Crippen LogP contribution in [0.5, 0.6) is 0 Å². The number of amides is 1. The number of rotatable bonds is 10. The molecule has 182 valence electrons. The molecule has 1 amide bonds. The first kappa shape index (κ1) is 25.4. The van der Waals surface area contributed by atoms with Crippen molar-refractivity contribution in [3.05, 3.63) is 34.9 Å². The molecule has 0 aliphatic heterocycles. The second-order valence-electron chi connectivity index (χ2n) is 9.45. The molecule has 1 aliphatic carbocycles. The van der Waals surface area contributed by atoms with E-state index in [9.17, 15) is 4.79 Å². The molecule has 3 atom stereocenters. The average Bonchev–Trinajstić information content (AvgIpc) is 2.79. The van der Waals surface area contributed by atoms with Gasteiger partial charge in [-0.3, -0.25) is 4.79 Å². The summed E-state index contributed by atoms with van der Waals surface area (Å²) in [5.41, 5.74) is 9.52. The van der Waals surface area contributed by atoms with Crippen molar-refractivity contribution in [1.82, 2.24) is 15.6 Å². The predicted octanol–water partition coefficient (Wildman–Crippen LogP) is 4.01. The van der Waals surface area contributed by atoms with Crippen LogP contribution in [0.4, 0.5) is 5.82 Å². The molecule has 1 saturated carbocycles. The molecule has 0 bridgehead atoms. The molecular weight excluding hydrogens is 414 g/mol. The van der Waals surface area contributed by atoms with Crippen molar-refractivity contribution in [3.63, 3.8) is 0 Å². The summed E-state index contributed by atoms with van der Waals surface area (Å²) in [5, 5.41) is 11.0. The second kappa shape index (κ2) is 11.8. The van der Waals surface area contributed by atoms with Crippen molar-refractivity contribution in [3.8, 4) is 0 Å². The number of aromatic nitrogens is 1. The molecule has 2 aromatic rings. The molecule has 0 radical (unpaired) electrons. The zero-order valence-corrected chi connectivity index (χ0v) is 20.8. The van der Waals surface area contributed by atoms with Gasteiger partial charge < -0.3 is 26.4 Å². The molecular formula is C26H41N5O2.